The van der Waals surface area contributed by atoms with Crippen molar-refractivity contribution < 1.29 is 9.13 Å². The molecule has 5 heteroatoms. The largest absolute Gasteiger partial charge is 0.453 e. The predicted molar refractivity (Wildman–Crippen MR) is 81.2 cm³/mol. The third-order valence-electron chi connectivity index (χ3n) is 2.60. The van der Waals surface area contributed by atoms with Gasteiger partial charge in [-0.15, -0.1) is 0 Å². The van der Waals surface area contributed by atoms with Crippen molar-refractivity contribution in [2.75, 3.05) is 0 Å². The van der Waals surface area contributed by atoms with E-state index in [2.05, 4.69) is 15.9 Å². The summed E-state index contributed by atoms with van der Waals surface area (Å²) in [5.41, 5.74) is 6.74. The number of benzene rings is 2. The maximum absolute atomic E-state index is 13.9. The Balaban J connectivity index is 2.47. The van der Waals surface area contributed by atoms with Gasteiger partial charge in [0.15, 0.2) is 11.6 Å². The molecule has 0 atom stereocenters. The van der Waals surface area contributed by atoms with E-state index in [4.69, 9.17) is 22.7 Å². The van der Waals surface area contributed by atoms with Gasteiger partial charge in [0.05, 0.1) is 5.56 Å². The Morgan fingerprint density at radius 1 is 1.21 bits per heavy atom. The quantitative estimate of drug-likeness (QED) is 0.845. The number of nitrogens with two attached hydrogens (primary N) is 1. The summed E-state index contributed by atoms with van der Waals surface area (Å²) in [7, 11) is 0. The van der Waals surface area contributed by atoms with Crippen LogP contribution in [0.5, 0.6) is 11.5 Å². The van der Waals surface area contributed by atoms with Gasteiger partial charge >= 0.3 is 0 Å². The summed E-state index contributed by atoms with van der Waals surface area (Å²) < 4.78 is 20.2. The Bertz CT molecular complexity index is 645. The lowest BCUT2D eigenvalue weighted by Gasteiger charge is -2.13. The van der Waals surface area contributed by atoms with Crippen LogP contribution in [-0.4, -0.2) is 4.99 Å². The molecule has 0 aliphatic rings. The molecule has 0 spiro atoms. The average molecular weight is 340 g/mol. The fraction of sp³-hybridized carbons (Fsp3) is 0.0714. The lowest BCUT2D eigenvalue weighted by molar-refractivity contribution is 0.439. The van der Waals surface area contributed by atoms with E-state index in [0.717, 1.165) is 0 Å². The van der Waals surface area contributed by atoms with Gasteiger partial charge in [0.2, 0.25) is 0 Å². The predicted octanol–water partition coefficient (Wildman–Crippen LogP) is 4.32. The summed E-state index contributed by atoms with van der Waals surface area (Å²) in [6.45, 7) is 1.68. The Morgan fingerprint density at radius 2 is 1.84 bits per heavy atom. The van der Waals surface area contributed by atoms with E-state index in [9.17, 15) is 4.39 Å². The number of thiocarbonyl (C=S) groups is 1. The molecule has 2 nitrogen and oxygen atoms in total. The standard InChI is InChI=1S/C14H11BrFNOS/c1-8-4-2-7-11(13(8)16)18-10-6-3-5-9(15)12(10)14(17)19/h2-7H,1H3,(H2,17,19). The second-order valence-electron chi connectivity index (χ2n) is 3.97. The molecular formula is C14H11BrFNOS. The van der Waals surface area contributed by atoms with Crippen LogP contribution in [-0.2, 0) is 0 Å². The molecule has 2 aromatic carbocycles. The van der Waals surface area contributed by atoms with Crippen LogP contribution >= 0.6 is 28.1 Å². The van der Waals surface area contributed by atoms with E-state index in [1.807, 2.05) is 0 Å². The molecule has 0 heterocycles. The van der Waals surface area contributed by atoms with Gasteiger partial charge in [0, 0.05) is 4.47 Å². The molecule has 0 aliphatic heterocycles. The summed E-state index contributed by atoms with van der Waals surface area (Å²) in [6, 6.07) is 10.2. The highest BCUT2D eigenvalue weighted by molar-refractivity contribution is 9.10. The first-order chi connectivity index (χ1) is 9.00. The number of hydrogen-bond donors (Lipinski definition) is 1. The molecule has 0 saturated carbocycles. The maximum Gasteiger partial charge on any atom is 0.168 e. The molecule has 0 radical (unpaired) electrons. The van der Waals surface area contributed by atoms with Crippen LogP contribution in [0.15, 0.2) is 40.9 Å². The smallest absolute Gasteiger partial charge is 0.168 e. The number of rotatable bonds is 3. The van der Waals surface area contributed by atoms with Crippen LogP contribution in [0.1, 0.15) is 11.1 Å². The zero-order valence-corrected chi connectivity index (χ0v) is 12.5. The van der Waals surface area contributed by atoms with Crippen molar-refractivity contribution in [3.8, 4) is 11.5 Å². The first kappa shape index (κ1) is 14.0. The van der Waals surface area contributed by atoms with Crippen LogP contribution < -0.4 is 10.5 Å². The van der Waals surface area contributed by atoms with Gasteiger partial charge in [0.25, 0.3) is 0 Å². The number of aryl methyl sites for hydroxylation is 1. The first-order valence-corrected chi connectivity index (χ1v) is 6.72. The van der Waals surface area contributed by atoms with Crippen molar-refractivity contribution in [1.29, 1.82) is 0 Å². The van der Waals surface area contributed by atoms with Crippen LogP contribution in [0, 0.1) is 12.7 Å². The molecule has 2 rings (SSSR count). The molecule has 19 heavy (non-hydrogen) atoms. The van der Waals surface area contributed by atoms with Gasteiger partial charge in [0.1, 0.15) is 10.7 Å². The molecule has 98 valence electrons. The van der Waals surface area contributed by atoms with Crippen molar-refractivity contribution >= 4 is 33.1 Å². The highest BCUT2D eigenvalue weighted by Crippen LogP contribution is 2.32. The molecule has 0 amide bonds. The van der Waals surface area contributed by atoms with Crippen molar-refractivity contribution in [3.63, 3.8) is 0 Å². The summed E-state index contributed by atoms with van der Waals surface area (Å²) in [6.07, 6.45) is 0. The number of halogens is 2. The van der Waals surface area contributed by atoms with E-state index in [-0.39, 0.29) is 10.7 Å². The minimum Gasteiger partial charge on any atom is -0.453 e. The van der Waals surface area contributed by atoms with E-state index >= 15 is 0 Å². The number of ether oxygens (including phenoxy) is 1. The lowest BCUT2D eigenvalue weighted by atomic mass is 10.2. The van der Waals surface area contributed by atoms with Gasteiger partial charge in [-0.25, -0.2) is 4.39 Å². The van der Waals surface area contributed by atoms with E-state index < -0.39 is 5.82 Å². The van der Waals surface area contributed by atoms with E-state index in [0.29, 0.717) is 21.3 Å². The minimum absolute atomic E-state index is 0.149. The average Bonchev–Trinajstić information content (AvgIpc) is 2.34. The van der Waals surface area contributed by atoms with Crippen LogP contribution in [0.3, 0.4) is 0 Å². The topological polar surface area (TPSA) is 35.2 Å². The fourth-order valence-electron chi connectivity index (χ4n) is 1.65. The molecule has 2 N–H and O–H groups in total. The lowest BCUT2D eigenvalue weighted by Crippen LogP contribution is -2.11. The maximum atomic E-state index is 13.9. The van der Waals surface area contributed by atoms with Crippen LogP contribution in [0.25, 0.3) is 0 Å². The molecule has 0 aromatic heterocycles. The molecule has 0 bridgehead atoms. The van der Waals surface area contributed by atoms with Gasteiger partial charge in [-0.3, -0.25) is 0 Å². The van der Waals surface area contributed by atoms with E-state index in [1.165, 1.54) is 0 Å². The first-order valence-electron chi connectivity index (χ1n) is 5.52. The van der Waals surface area contributed by atoms with Crippen molar-refractivity contribution in [1.82, 2.24) is 0 Å². The van der Waals surface area contributed by atoms with Gasteiger partial charge in [-0.2, -0.15) is 0 Å². The zero-order valence-electron chi connectivity index (χ0n) is 10.1. The highest BCUT2D eigenvalue weighted by Gasteiger charge is 2.14. The van der Waals surface area contributed by atoms with Crippen molar-refractivity contribution in [3.05, 3.63) is 57.8 Å². The van der Waals surface area contributed by atoms with Crippen LogP contribution in [0.4, 0.5) is 4.39 Å². The summed E-state index contributed by atoms with van der Waals surface area (Å²) in [4.78, 5) is 0.190. The highest BCUT2D eigenvalue weighted by atomic mass is 79.9. The Morgan fingerprint density at radius 3 is 2.53 bits per heavy atom. The molecule has 0 aliphatic carbocycles. The SMILES string of the molecule is Cc1cccc(Oc2cccc(Br)c2C(N)=S)c1F. The van der Waals surface area contributed by atoms with Crippen molar-refractivity contribution in [2.45, 2.75) is 6.92 Å². The number of hydrogen-bond acceptors (Lipinski definition) is 2. The second kappa shape index (κ2) is 5.67. The van der Waals surface area contributed by atoms with E-state index in [1.54, 1.807) is 43.3 Å². The normalized spacial score (nSPS) is 10.3. The molecular weight excluding hydrogens is 329 g/mol. The third kappa shape index (κ3) is 2.93. The summed E-state index contributed by atoms with van der Waals surface area (Å²) in [5, 5.41) is 0. The third-order valence-corrected chi connectivity index (χ3v) is 3.46. The van der Waals surface area contributed by atoms with Gasteiger partial charge in [-0.05, 0) is 46.6 Å². The zero-order chi connectivity index (χ0) is 14.0. The molecule has 0 fully saturated rings. The molecule has 2 aromatic rings. The Labute approximate surface area is 124 Å². The Hall–Kier alpha value is -1.46. The summed E-state index contributed by atoms with van der Waals surface area (Å²) in [5.74, 6) is 0.179. The Kier molecular flexibility index (Phi) is 4.17. The van der Waals surface area contributed by atoms with Crippen LogP contribution in [0.2, 0.25) is 0 Å². The van der Waals surface area contributed by atoms with Crippen molar-refractivity contribution in [2.24, 2.45) is 5.73 Å². The fourth-order valence-corrected chi connectivity index (χ4v) is 2.55. The monoisotopic (exact) mass is 339 g/mol. The van der Waals surface area contributed by atoms with Gasteiger partial charge < -0.3 is 10.5 Å². The summed E-state index contributed by atoms with van der Waals surface area (Å²) >= 11 is 8.34. The molecule has 0 saturated heterocycles. The molecule has 0 unspecified atom stereocenters. The minimum atomic E-state index is -0.392. The second-order valence-corrected chi connectivity index (χ2v) is 5.26. The van der Waals surface area contributed by atoms with Gasteiger partial charge in [-0.1, -0.05) is 30.4 Å².